The van der Waals surface area contributed by atoms with Crippen LogP contribution in [0.25, 0.3) is 0 Å². The van der Waals surface area contributed by atoms with Crippen LogP contribution in [0.5, 0.6) is 17.2 Å². The topological polar surface area (TPSA) is 132 Å². The van der Waals surface area contributed by atoms with E-state index in [0.717, 1.165) is 0 Å². The highest BCUT2D eigenvalue weighted by Crippen LogP contribution is 2.35. The van der Waals surface area contributed by atoms with Gasteiger partial charge in [-0.15, -0.1) is 0 Å². The molecule has 0 radical (unpaired) electrons. The average Bonchev–Trinajstić information content (AvgIpc) is 2.85. The van der Waals surface area contributed by atoms with E-state index in [9.17, 15) is 18.3 Å². The van der Waals surface area contributed by atoms with Crippen LogP contribution in [0.4, 0.5) is 5.69 Å². The first-order valence-electron chi connectivity index (χ1n) is 11.5. The van der Waals surface area contributed by atoms with E-state index in [1.807, 2.05) is 6.92 Å². The monoisotopic (exact) mass is 505 g/mol. The molecule has 3 N–H and O–H groups in total. The quantitative estimate of drug-likeness (QED) is 0.566. The molecule has 190 valence electrons. The number of ether oxygens (including phenoxy) is 3. The molecular weight excluding hydrogens is 474 g/mol. The number of hydrogen-bond acceptors (Lipinski definition) is 8. The molecule has 0 spiro atoms. The smallest absolute Gasteiger partial charge is 0.258 e. The van der Waals surface area contributed by atoms with Crippen LogP contribution in [0.1, 0.15) is 24.2 Å². The van der Waals surface area contributed by atoms with Gasteiger partial charge in [0.25, 0.3) is 5.91 Å². The van der Waals surface area contributed by atoms with Crippen LogP contribution in [0.2, 0.25) is 0 Å². The van der Waals surface area contributed by atoms with Crippen LogP contribution >= 0.6 is 0 Å². The number of rotatable bonds is 6. The van der Waals surface area contributed by atoms with E-state index < -0.39 is 22.2 Å². The minimum atomic E-state index is -3.88. The number of anilines is 1. The second-order valence-corrected chi connectivity index (χ2v) is 11.0. The van der Waals surface area contributed by atoms with Crippen molar-refractivity contribution in [2.24, 2.45) is 5.92 Å². The number of amides is 1. The molecule has 2 aliphatic rings. The lowest BCUT2D eigenvalue weighted by molar-refractivity contribution is 0.0389. The molecule has 1 amide bonds. The summed E-state index contributed by atoms with van der Waals surface area (Å²) in [5, 5.41) is 9.73. The van der Waals surface area contributed by atoms with Crippen molar-refractivity contribution in [3.05, 3.63) is 42.0 Å². The van der Waals surface area contributed by atoms with E-state index in [1.54, 1.807) is 36.1 Å². The Morgan fingerprint density at radius 3 is 2.63 bits per heavy atom. The number of nitrogens with zero attached hydrogens (tertiary/aromatic N) is 2. The fraction of sp³-hybridized carbons (Fsp3) is 0.458. The highest BCUT2D eigenvalue weighted by atomic mass is 32.2. The van der Waals surface area contributed by atoms with Crippen LogP contribution in [0.15, 0.2) is 41.3 Å². The number of sulfonamides is 1. The number of aliphatic hydroxyl groups is 1. The number of nitrogen functional groups attached to an aromatic ring is 1. The molecule has 3 atom stereocenters. The summed E-state index contributed by atoms with van der Waals surface area (Å²) in [5.74, 6) is 0.546. The molecular formula is C24H31N3O7S. The van der Waals surface area contributed by atoms with Crippen molar-refractivity contribution in [2.45, 2.75) is 30.9 Å². The van der Waals surface area contributed by atoms with E-state index >= 15 is 0 Å². The van der Waals surface area contributed by atoms with Crippen LogP contribution in [0, 0.1) is 5.92 Å². The molecule has 2 aromatic carbocycles. The minimum Gasteiger partial charge on any atom is -0.486 e. The zero-order chi connectivity index (χ0) is 25.3. The van der Waals surface area contributed by atoms with Gasteiger partial charge in [0.05, 0.1) is 35.3 Å². The summed E-state index contributed by atoms with van der Waals surface area (Å²) < 4.78 is 45.2. The number of nitrogens with two attached hydrogens (primary N) is 1. The lowest BCUT2D eigenvalue weighted by Gasteiger charge is -2.38. The number of benzene rings is 2. The molecule has 11 heteroatoms. The summed E-state index contributed by atoms with van der Waals surface area (Å²) in [4.78, 5) is 14.9. The number of aliphatic hydroxyl groups excluding tert-OH is 1. The Bertz CT molecular complexity index is 1200. The molecule has 2 aliphatic heterocycles. The van der Waals surface area contributed by atoms with Crippen molar-refractivity contribution in [3.63, 3.8) is 0 Å². The molecule has 0 aromatic heterocycles. The first-order chi connectivity index (χ1) is 16.6. The predicted octanol–water partition coefficient (Wildman–Crippen LogP) is 1.58. The summed E-state index contributed by atoms with van der Waals surface area (Å²) in [6.45, 7) is 4.48. The van der Waals surface area contributed by atoms with E-state index in [2.05, 4.69) is 0 Å². The zero-order valence-electron chi connectivity index (χ0n) is 20.0. The Kier molecular flexibility index (Phi) is 7.11. The van der Waals surface area contributed by atoms with Gasteiger partial charge in [-0.3, -0.25) is 4.79 Å². The Hall–Kier alpha value is -3.02. The van der Waals surface area contributed by atoms with E-state index in [4.69, 9.17) is 19.9 Å². The lowest BCUT2D eigenvalue weighted by Crippen LogP contribution is -2.50. The Morgan fingerprint density at radius 1 is 1.20 bits per heavy atom. The van der Waals surface area contributed by atoms with Gasteiger partial charge in [0.15, 0.2) is 17.2 Å². The van der Waals surface area contributed by atoms with Gasteiger partial charge < -0.3 is 30.0 Å². The van der Waals surface area contributed by atoms with E-state index in [-0.39, 0.29) is 53.4 Å². The lowest BCUT2D eigenvalue weighted by atomic mass is 9.99. The Labute approximate surface area is 205 Å². The fourth-order valence-electron chi connectivity index (χ4n) is 4.20. The van der Waals surface area contributed by atoms with Crippen molar-refractivity contribution in [2.75, 3.05) is 45.7 Å². The zero-order valence-corrected chi connectivity index (χ0v) is 20.8. The Balaban J connectivity index is 1.64. The highest BCUT2D eigenvalue weighted by molar-refractivity contribution is 7.89. The number of hydrogen-bond donors (Lipinski definition) is 2. The van der Waals surface area contributed by atoms with Crippen molar-refractivity contribution >= 4 is 21.6 Å². The standard InChI is InChI=1S/C24H31N3O7S/c1-15-12-27(16(2)14-28)24(29)18-5-4-6-19(25)23(18)34-22(15)13-26(3)35(30,31)17-7-8-20-21(11-17)33-10-9-32-20/h4-8,11,15-16,22,28H,9-10,12-14,25H2,1-3H3/t15-,16+,22+/m1/s1. The number of fused-ring (bicyclic) bond motifs is 2. The molecule has 0 fully saturated rings. The molecule has 0 saturated carbocycles. The molecule has 0 saturated heterocycles. The van der Waals surface area contributed by atoms with Gasteiger partial charge in [-0.2, -0.15) is 4.31 Å². The van der Waals surface area contributed by atoms with Crippen LogP contribution in [-0.4, -0.2) is 80.7 Å². The maximum Gasteiger partial charge on any atom is 0.258 e. The second-order valence-electron chi connectivity index (χ2n) is 8.94. The van der Waals surface area contributed by atoms with Crippen molar-refractivity contribution in [1.29, 1.82) is 0 Å². The number of carbonyl (C=O) groups excluding carboxylic acids is 1. The Morgan fingerprint density at radius 2 is 1.91 bits per heavy atom. The van der Waals surface area contributed by atoms with Gasteiger partial charge in [-0.1, -0.05) is 13.0 Å². The van der Waals surface area contributed by atoms with Crippen LogP contribution in [0.3, 0.4) is 0 Å². The van der Waals surface area contributed by atoms with Gasteiger partial charge in [0, 0.05) is 25.6 Å². The molecule has 2 aromatic rings. The van der Waals surface area contributed by atoms with Gasteiger partial charge >= 0.3 is 0 Å². The number of carbonyl (C=O) groups is 1. The maximum atomic E-state index is 13.4. The summed E-state index contributed by atoms with van der Waals surface area (Å²) in [6, 6.07) is 9.00. The summed E-state index contributed by atoms with van der Waals surface area (Å²) in [6.07, 6.45) is -0.614. The van der Waals surface area contributed by atoms with Crippen molar-refractivity contribution < 1.29 is 32.5 Å². The summed E-state index contributed by atoms with van der Waals surface area (Å²) in [7, 11) is -2.40. The molecule has 0 aliphatic carbocycles. The van der Waals surface area contributed by atoms with Crippen LogP contribution in [-0.2, 0) is 10.0 Å². The fourth-order valence-corrected chi connectivity index (χ4v) is 5.40. The molecule has 0 bridgehead atoms. The van der Waals surface area contributed by atoms with E-state index in [0.29, 0.717) is 24.7 Å². The van der Waals surface area contributed by atoms with Gasteiger partial charge in [0.1, 0.15) is 19.3 Å². The summed E-state index contributed by atoms with van der Waals surface area (Å²) in [5.41, 5.74) is 6.71. The predicted molar refractivity (Wildman–Crippen MR) is 129 cm³/mol. The number of para-hydroxylation sites is 1. The molecule has 10 nitrogen and oxygen atoms in total. The van der Waals surface area contributed by atoms with Gasteiger partial charge in [0.2, 0.25) is 10.0 Å². The third-order valence-electron chi connectivity index (χ3n) is 6.38. The van der Waals surface area contributed by atoms with Crippen molar-refractivity contribution in [1.82, 2.24) is 9.21 Å². The van der Waals surface area contributed by atoms with E-state index in [1.165, 1.54) is 23.5 Å². The highest BCUT2D eigenvalue weighted by Gasteiger charge is 2.36. The first-order valence-corrected chi connectivity index (χ1v) is 12.9. The average molecular weight is 506 g/mol. The number of likely N-dealkylation sites (N-methyl/N-ethyl adjacent to an activating group) is 1. The molecule has 35 heavy (non-hydrogen) atoms. The first kappa shape index (κ1) is 25.1. The van der Waals surface area contributed by atoms with Crippen LogP contribution < -0.4 is 19.9 Å². The third kappa shape index (κ3) is 4.89. The maximum absolute atomic E-state index is 13.4. The van der Waals surface area contributed by atoms with Gasteiger partial charge in [-0.05, 0) is 31.2 Å². The molecule has 0 unspecified atom stereocenters. The SMILES string of the molecule is C[C@@H]1CN([C@@H](C)CO)C(=O)c2cccc(N)c2O[C@H]1CN(C)S(=O)(=O)c1ccc2c(c1)OCCO2. The molecule has 2 heterocycles. The summed E-state index contributed by atoms with van der Waals surface area (Å²) >= 11 is 0. The second kappa shape index (κ2) is 9.92. The normalized spacial score (nSPS) is 21.1. The van der Waals surface area contributed by atoms with Gasteiger partial charge in [-0.25, -0.2) is 8.42 Å². The van der Waals surface area contributed by atoms with Crippen molar-refractivity contribution in [3.8, 4) is 17.2 Å². The minimum absolute atomic E-state index is 0.0151. The largest absolute Gasteiger partial charge is 0.486 e. The third-order valence-corrected chi connectivity index (χ3v) is 8.20. The molecule has 4 rings (SSSR count).